The van der Waals surface area contributed by atoms with E-state index >= 15 is 0 Å². The van der Waals surface area contributed by atoms with Crippen molar-refractivity contribution in [3.8, 4) is 5.69 Å². The monoisotopic (exact) mass is 340 g/mol. The zero-order valence-electron chi connectivity index (χ0n) is 13.1. The van der Waals surface area contributed by atoms with Gasteiger partial charge in [0.05, 0.1) is 17.6 Å². The SMILES string of the molecule is CN1CCc2nc(NC(=O)c3cn(-c4ccccc4)nn3)sc2C1. The predicted octanol–water partition coefficient (Wildman–Crippen LogP) is 1.96. The number of anilines is 1. The molecule has 1 aliphatic rings. The number of benzene rings is 1. The summed E-state index contributed by atoms with van der Waals surface area (Å²) in [7, 11) is 2.09. The van der Waals surface area contributed by atoms with Crippen molar-refractivity contribution in [2.24, 2.45) is 0 Å². The molecule has 7 nitrogen and oxygen atoms in total. The van der Waals surface area contributed by atoms with E-state index in [-0.39, 0.29) is 11.6 Å². The third kappa shape index (κ3) is 2.93. The first kappa shape index (κ1) is 15.0. The summed E-state index contributed by atoms with van der Waals surface area (Å²) >= 11 is 1.53. The Labute approximate surface area is 142 Å². The molecule has 0 unspecified atom stereocenters. The third-order valence-corrected chi connectivity index (χ3v) is 4.89. The van der Waals surface area contributed by atoms with Crippen LogP contribution in [0.1, 0.15) is 21.1 Å². The number of carbonyl (C=O) groups is 1. The molecule has 3 heterocycles. The second kappa shape index (κ2) is 6.14. The Balaban J connectivity index is 1.50. The normalized spacial score (nSPS) is 14.4. The summed E-state index contributed by atoms with van der Waals surface area (Å²) in [5, 5.41) is 11.4. The lowest BCUT2D eigenvalue weighted by atomic mass is 10.2. The van der Waals surface area contributed by atoms with Crippen LogP contribution in [0.15, 0.2) is 36.5 Å². The van der Waals surface area contributed by atoms with Crippen molar-refractivity contribution in [3.05, 3.63) is 52.8 Å². The first-order chi connectivity index (χ1) is 11.7. The number of para-hydroxylation sites is 1. The number of rotatable bonds is 3. The zero-order chi connectivity index (χ0) is 16.5. The van der Waals surface area contributed by atoms with Crippen molar-refractivity contribution in [2.45, 2.75) is 13.0 Å². The summed E-state index contributed by atoms with van der Waals surface area (Å²) in [6.07, 6.45) is 2.54. The number of nitrogens with zero attached hydrogens (tertiary/aromatic N) is 5. The van der Waals surface area contributed by atoms with Gasteiger partial charge in [-0.15, -0.1) is 16.4 Å². The molecule has 0 atom stereocenters. The molecule has 3 aromatic rings. The van der Waals surface area contributed by atoms with Crippen molar-refractivity contribution in [1.29, 1.82) is 0 Å². The second-order valence-electron chi connectivity index (χ2n) is 5.71. The maximum absolute atomic E-state index is 12.4. The molecule has 0 aliphatic carbocycles. The molecule has 0 bridgehead atoms. The molecule has 1 aromatic carbocycles. The number of thiazole rings is 1. The molecular formula is C16H16N6OS. The van der Waals surface area contributed by atoms with Crippen molar-refractivity contribution in [3.63, 3.8) is 0 Å². The highest BCUT2D eigenvalue weighted by atomic mass is 32.1. The fraction of sp³-hybridized carbons (Fsp3) is 0.250. The topological polar surface area (TPSA) is 75.9 Å². The van der Waals surface area contributed by atoms with Crippen molar-refractivity contribution in [1.82, 2.24) is 24.9 Å². The van der Waals surface area contributed by atoms with Crippen LogP contribution in [0, 0.1) is 0 Å². The Morgan fingerprint density at radius 3 is 2.96 bits per heavy atom. The van der Waals surface area contributed by atoms with E-state index in [0.29, 0.717) is 5.13 Å². The number of nitrogens with one attached hydrogen (secondary N) is 1. The molecule has 4 rings (SSSR count). The van der Waals surface area contributed by atoms with Crippen molar-refractivity contribution in [2.75, 3.05) is 18.9 Å². The average Bonchev–Trinajstić information content (AvgIpc) is 3.22. The quantitative estimate of drug-likeness (QED) is 0.789. The Morgan fingerprint density at radius 1 is 1.29 bits per heavy atom. The van der Waals surface area contributed by atoms with Crippen LogP contribution in [0.3, 0.4) is 0 Å². The van der Waals surface area contributed by atoms with E-state index in [9.17, 15) is 4.79 Å². The third-order valence-electron chi connectivity index (χ3n) is 3.89. The number of hydrogen-bond acceptors (Lipinski definition) is 6. The second-order valence-corrected chi connectivity index (χ2v) is 6.80. The molecule has 0 spiro atoms. The van der Waals surface area contributed by atoms with Gasteiger partial charge in [0.2, 0.25) is 0 Å². The lowest BCUT2D eigenvalue weighted by Crippen LogP contribution is -2.25. The number of carbonyl (C=O) groups excluding carboxylic acids is 1. The van der Waals surface area contributed by atoms with Gasteiger partial charge in [0.25, 0.3) is 5.91 Å². The van der Waals surface area contributed by atoms with Gasteiger partial charge in [-0.2, -0.15) is 0 Å². The van der Waals surface area contributed by atoms with Gasteiger partial charge in [0.1, 0.15) is 0 Å². The smallest absolute Gasteiger partial charge is 0.279 e. The van der Waals surface area contributed by atoms with Crippen LogP contribution in [0.5, 0.6) is 0 Å². The minimum absolute atomic E-state index is 0.268. The molecule has 1 N–H and O–H groups in total. The summed E-state index contributed by atoms with van der Waals surface area (Å²) in [5.41, 5.74) is 2.21. The highest BCUT2D eigenvalue weighted by Gasteiger charge is 2.20. The van der Waals surface area contributed by atoms with Crippen LogP contribution >= 0.6 is 11.3 Å². The number of amides is 1. The fourth-order valence-corrected chi connectivity index (χ4v) is 3.70. The number of hydrogen-bond donors (Lipinski definition) is 1. The lowest BCUT2D eigenvalue weighted by Gasteiger charge is -2.20. The van der Waals surface area contributed by atoms with E-state index < -0.39 is 0 Å². The molecule has 24 heavy (non-hydrogen) atoms. The lowest BCUT2D eigenvalue weighted by molar-refractivity contribution is 0.102. The maximum Gasteiger partial charge on any atom is 0.279 e. The average molecular weight is 340 g/mol. The number of aromatic nitrogens is 4. The van der Waals surface area contributed by atoms with Crippen LogP contribution in [-0.4, -0.2) is 44.4 Å². The molecule has 1 aliphatic heterocycles. The predicted molar refractivity (Wildman–Crippen MR) is 91.5 cm³/mol. The molecule has 0 saturated carbocycles. The summed E-state index contributed by atoms with van der Waals surface area (Å²) in [5.74, 6) is -0.295. The highest BCUT2D eigenvalue weighted by molar-refractivity contribution is 7.15. The zero-order valence-corrected chi connectivity index (χ0v) is 14.0. The van der Waals surface area contributed by atoms with Crippen LogP contribution in [0.2, 0.25) is 0 Å². The Kier molecular flexibility index (Phi) is 3.83. The van der Waals surface area contributed by atoms with Crippen molar-refractivity contribution >= 4 is 22.4 Å². The van der Waals surface area contributed by atoms with E-state index in [4.69, 9.17) is 0 Å². The molecular weight excluding hydrogens is 324 g/mol. The summed E-state index contributed by atoms with van der Waals surface area (Å²) in [4.78, 5) is 20.3. The standard InChI is InChI=1S/C16H16N6OS/c1-21-8-7-12-14(10-21)24-16(17-12)18-15(23)13-9-22(20-19-13)11-5-3-2-4-6-11/h2-6,9H,7-8,10H2,1H3,(H,17,18,23). The Bertz CT molecular complexity index is 872. The van der Waals surface area contributed by atoms with E-state index in [1.165, 1.54) is 16.2 Å². The summed E-state index contributed by atoms with van der Waals surface area (Å²) < 4.78 is 1.58. The van der Waals surface area contributed by atoms with Crippen LogP contribution < -0.4 is 5.32 Å². The minimum Gasteiger partial charge on any atom is -0.301 e. The molecule has 0 saturated heterocycles. The van der Waals surface area contributed by atoms with Crippen LogP contribution in [-0.2, 0) is 13.0 Å². The molecule has 0 radical (unpaired) electrons. The molecule has 0 fully saturated rings. The maximum atomic E-state index is 12.4. The van der Waals surface area contributed by atoms with Gasteiger partial charge in [-0.3, -0.25) is 10.1 Å². The van der Waals surface area contributed by atoms with E-state index in [2.05, 4.69) is 32.6 Å². The Morgan fingerprint density at radius 2 is 2.12 bits per heavy atom. The van der Waals surface area contributed by atoms with Gasteiger partial charge in [0, 0.05) is 24.4 Å². The summed E-state index contributed by atoms with van der Waals surface area (Å²) in [6, 6.07) is 9.56. The van der Waals surface area contributed by atoms with Crippen molar-refractivity contribution < 1.29 is 4.79 Å². The van der Waals surface area contributed by atoms with E-state index in [1.807, 2.05) is 30.3 Å². The number of fused-ring (bicyclic) bond motifs is 1. The van der Waals surface area contributed by atoms with Gasteiger partial charge in [0.15, 0.2) is 10.8 Å². The van der Waals surface area contributed by atoms with Gasteiger partial charge in [-0.1, -0.05) is 23.4 Å². The first-order valence-corrected chi connectivity index (χ1v) is 8.47. The first-order valence-electron chi connectivity index (χ1n) is 7.65. The molecule has 8 heteroatoms. The summed E-state index contributed by atoms with van der Waals surface area (Å²) in [6.45, 7) is 1.88. The fourth-order valence-electron chi connectivity index (χ4n) is 2.61. The molecule has 1 amide bonds. The van der Waals surface area contributed by atoms with Gasteiger partial charge < -0.3 is 4.90 Å². The number of likely N-dealkylation sites (N-methyl/N-ethyl adjacent to an activating group) is 1. The van der Waals surface area contributed by atoms with Crippen LogP contribution in [0.4, 0.5) is 5.13 Å². The largest absolute Gasteiger partial charge is 0.301 e. The molecule has 122 valence electrons. The minimum atomic E-state index is -0.295. The highest BCUT2D eigenvalue weighted by Crippen LogP contribution is 2.27. The van der Waals surface area contributed by atoms with E-state index in [0.717, 1.165) is 30.9 Å². The van der Waals surface area contributed by atoms with Gasteiger partial charge in [-0.05, 0) is 19.2 Å². The molecule has 2 aromatic heterocycles. The Hall–Kier alpha value is -2.58. The van der Waals surface area contributed by atoms with Crippen LogP contribution in [0.25, 0.3) is 5.69 Å². The van der Waals surface area contributed by atoms with E-state index in [1.54, 1.807) is 10.9 Å². The van der Waals surface area contributed by atoms with Gasteiger partial charge in [-0.25, -0.2) is 9.67 Å². The van der Waals surface area contributed by atoms with Gasteiger partial charge >= 0.3 is 0 Å².